The number of carbonyl (C=O) groups is 1. The van der Waals surface area contributed by atoms with Crippen LogP contribution in [-0.4, -0.2) is 22.0 Å². The second-order valence-electron chi connectivity index (χ2n) is 4.37. The van der Waals surface area contributed by atoms with E-state index < -0.39 is 0 Å². The number of nitrogens with one attached hydrogen (secondary N) is 1. The van der Waals surface area contributed by atoms with E-state index >= 15 is 0 Å². The molecule has 0 bridgehead atoms. The van der Waals surface area contributed by atoms with E-state index in [2.05, 4.69) is 15.3 Å². The number of rotatable bonds is 4. The number of ether oxygens (including phenoxy) is 1. The maximum Gasteiger partial charge on any atom is 0.257 e. The first-order valence-corrected chi connectivity index (χ1v) is 6.47. The van der Waals surface area contributed by atoms with Crippen LogP contribution in [0.25, 0.3) is 0 Å². The van der Waals surface area contributed by atoms with E-state index in [1.165, 1.54) is 12.3 Å². The minimum absolute atomic E-state index is 0.0310. The van der Waals surface area contributed by atoms with Crippen molar-refractivity contribution >= 4 is 23.2 Å². The summed E-state index contributed by atoms with van der Waals surface area (Å²) < 4.78 is 5.41. The summed E-state index contributed by atoms with van der Waals surface area (Å²) in [6.07, 6.45) is 4.59. The lowest BCUT2D eigenvalue weighted by molar-refractivity contribution is 0.102. The molecule has 0 saturated carbocycles. The first kappa shape index (κ1) is 14.3. The minimum Gasteiger partial charge on any atom is -0.474 e. The van der Waals surface area contributed by atoms with Crippen molar-refractivity contribution in [3.63, 3.8) is 0 Å². The highest BCUT2D eigenvalue weighted by molar-refractivity contribution is 6.32. The van der Waals surface area contributed by atoms with Gasteiger partial charge in [-0.25, -0.2) is 4.98 Å². The van der Waals surface area contributed by atoms with Crippen molar-refractivity contribution in [2.45, 2.75) is 20.0 Å². The molecule has 0 fully saturated rings. The highest BCUT2D eigenvalue weighted by atomic mass is 35.5. The Morgan fingerprint density at radius 1 is 1.35 bits per heavy atom. The lowest BCUT2D eigenvalue weighted by atomic mass is 10.2. The van der Waals surface area contributed by atoms with E-state index in [1.54, 1.807) is 24.5 Å². The Morgan fingerprint density at radius 3 is 2.65 bits per heavy atom. The monoisotopic (exact) mass is 291 g/mol. The predicted molar refractivity (Wildman–Crippen MR) is 77.2 cm³/mol. The van der Waals surface area contributed by atoms with Crippen molar-refractivity contribution in [3.05, 3.63) is 47.4 Å². The SMILES string of the molecule is CC(C)Oc1ncc(C(=O)Nc2ccncc2)cc1Cl. The molecule has 2 aromatic rings. The van der Waals surface area contributed by atoms with Gasteiger partial charge in [0, 0.05) is 24.3 Å². The number of halogens is 1. The summed E-state index contributed by atoms with van der Waals surface area (Å²) >= 11 is 6.04. The van der Waals surface area contributed by atoms with Gasteiger partial charge in [0.2, 0.25) is 5.88 Å². The summed E-state index contributed by atoms with van der Waals surface area (Å²) in [7, 11) is 0. The lowest BCUT2D eigenvalue weighted by Crippen LogP contribution is -2.13. The molecule has 20 heavy (non-hydrogen) atoms. The van der Waals surface area contributed by atoms with Crippen molar-refractivity contribution < 1.29 is 9.53 Å². The number of amides is 1. The standard InChI is InChI=1S/C14H14ClN3O2/c1-9(2)20-14-12(15)7-10(8-17-14)13(19)18-11-3-5-16-6-4-11/h3-9H,1-2H3,(H,16,18,19). The highest BCUT2D eigenvalue weighted by Crippen LogP contribution is 2.23. The molecule has 0 aliphatic heterocycles. The Bertz CT molecular complexity index is 603. The smallest absolute Gasteiger partial charge is 0.257 e. The van der Waals surface area contributed by atoms with Gasteiger partial charge in [0.25, 0.3) is 5.91 Å². The van der Waals surface area contributed by atoms with E-state index in [0.29, 0.717) is 22.2 Å². The molecule has 6 heteroatoms. The van der Waals surface area contributed by atoms with Gasteiger partial charge in [-0.3, -0.25) is 9.78 Å². The number of carbonyl (C=O) groups excluding carboxylic acids is 1. The number of nitrogens with zero attached hydrogens (tertiary/aromatic N) is 2. The molecular weight excluding hydrogens is 278 g/mol. The number of anilines is 1. The lowest BCUT2D eigenvalue weighted by Gasteiger charge is -2.11. The molecule has 2 aromatic heterocycles. The predicted octanol–water partition coefficient (Wildman–Crippen LogP) is 3.17. The Labute approximate surface area is 122 Å². The van der Waals surface area contributed by atoms with Crippen molar-refractivity contribution in [3.8, 4) is 5.88 Å². The Hall–Kier alpha value is -2.14. The van der Waals surface area contributed by atoms with E-state index in [9.17, 15) is 4.79 Å². The van der Waals surface area contributed by atoms with Gasteiger partial charge in [0.05, 0.1) is 11.7 Å². The normalized spacial score (nSPS) is 10.4. The topological polar surface area (TPSA) is 64.1 Å². The fourth-order valence-corrected chi connectivity index (χ4v) is 1.71. The molecule has 104 valence electrons. The molecule has 1 N–H and O–H groups in total. The van der Waals surface area contributed by atoms with Gasteiger partial charge in [0.15, 0.2) is 0 Å². The summed E-state index contributed by atoms with van der Waals surface area (Å²) in [4.78, 5) is 20.0. The largest absolute Gasteiger partial charge is 0.474 e. The van der Waals surface area contributed by atoms with Crippen LogP contribution < -0.4 is 10.1 Å². The number of hydrogen-bond acceptors (Lipinski definition) is 4. The van der Waals surface area contributed by atoms with Gasteiger partial charge in [0.1, 0.15) is 5.02 Å². The van der Waals surface area contributed by atoms with E-state index in [0.717, 1.165) is 0 Å². The highest BCUT2D eigenvalue weighted by Gasteiger charge is 2.12. The zero-order chi connectivity index (χ0) is 14.5. The molecule has 0 aromatic carbocycles. The van der Waals surface area contributed by atoms with Crippen molar-refractivity contribution in [2.24, 2.45) is 0 Å². The fraction of sp³-hybridized carbons (Fsp3) is 0.214. The van der Waals surface area contributed by atoms with Crippen LogP contribution in [0.2, 0.25) is 5.02 Å². The van der Waals surface area contributed by atoms with Crippen LogP contribution in [0.1, 0.15) is 24.2 Å². The Kier molecular flexibility index (Phi) is 4.53. The number of aromatic nitrogens is 2. The minimum atomic E-state index is -0.290. The zero-order valence-corrected chi connectivity index (χ0v) is 11.9. The van der Waals surface area contributed by atoms with E-state index in [-0.39, 0.29) is 12.0 Å². The maximum atomic E-state index is 12.0. The third kappa shape index (κ3) is 3.68. The number of hydrogen-bond donors (Lipinski definition) is 1. The number of pyridine rings is 2. The summed E-state index contributed by atoms with van der Waals surface area (Å²) in [6.45, 7) is 3.75. The summed E-state index contributed by atoms with van der Waals surface area (Å²) in [5.41, 5.74) is 1.02. The molecule has 0 unspecified atom stereocenters. The molecular formula is C14H14ClN3O2. The van der Waals surface area contributed by atoms with Crippen LogP contribution in [0.5, 0.6) is 5.88 Å². The van der Waals surface area contributed by atoms with Gasteiger partial charge in [-0.05, 0) is 32.0 Å². The van der Waals surface area contributed by atoms with E-state index in [1.807, 2.05) is 13.8 Å². The summed E-state index contributed by atoms with van der Waals surface area (Å²) in [6, 6.07) is 4.93. The summed E-state index contributed by atoms with van der Waals surface area (Å²) in [5.74, 6) is 0.0313. The second-order valence-corrected chi connectivity index (χ2v) is 4.77. The molecule has 5 nitrogen and oxygen atoms in total. The maximum absolute atomic E-state index is 12.0. The third-order valence-corrected chi connectivity index (χ3v) is 2.63. The molecule has 0 atom stereocenters. The van der Waals surface area contributed by atoms with Gasteiger partial charge in [-0.1, -0.05) is 11.6 Å². The van der Waals surface area contributed by atoms with Crippen LogP contribution in [0.4, 0.5) is 5.69 Å². The van der Waals surface area contributed by atoms with Crippen molar-refractivity contribution in [2.75, 3.05) is 5.32 Å². The van der Waals surface area contributed by atoms with Crippen LogP contribution in [0.3, 0.4) is 0 Å². The quantitative estimate of drug-likeness (QED) is 0.940. The average Bonchev–Trinajstić information content (AvgIpc) is 2.41. The molecule has 0 aliphatic carbocycles. The molecule has 0 aliphatic rings. The third-order valence-electron chi connectivity index (χ3n) is 2.36. The molecule has 0 spiro atoms. The summed E-state index contributed by atoms with van der Waals surface area (Å²) in [5, 5.41) is 3.03. The molecule has 2 heterocycles. The van der Waals surface area contributed by atoms with Gasteiger partial charge >= 0.3 is 0 Å². The average molecular weight is 292 g/mol. The van der Waals surface area contributed by atoms with Crippen LogP contribution in [0, 0.1) is 0 Å². The van der Waals surface area contributed by atoms with E-state index in [4.69, 9.17) is 16.3 Å². The zero-order valence-electron chi connectivity index (χ0n) is 11.1. The Morgan fingerprint density at radius 2 is 2.05 bits per heavy atom. The first-order chi connectivity index (χ1) is 9.56. The van der Waals surface area contributed by atoms with Gasteiger partial charge in [-0.2, -0.15) is 0 Å². The molecule has 0 radical (unpaired) electrons. The molecule has 1 amide bonds. The second kappa shape index (κ2) is 6.34. The molecule has 2 rings (SSSR count). The van der Waals surface area contributed by atoms with Gasteiger partial charge in [-0.15, -0.1) is 0 Å². The van der Waals surface area contributed by atoms with Crippen LogP contribution >= 0.6 is 11.6 Å². The first-order valence-electron chi connectivity index (χ1n) is 6.10. The Balaban J connectivity index is 2.13. The fourth-order valence-electron chi connectivity index (χ4n) is 1.50. The molecule has 0 saturated heterocycles. The van der Waals surface area contributed by atoms with Gasteiger partial charge < -0.3 is 10.1 Å². The van der Waals surface area contributed by atoms with Crippen molar-refractivity contribution in [1.29, 1.82) is 0 Å². The van der Waals surface area contributed by atoms with Crippen molar-refractivity contribution in [1.82, 2.24) is 9.97 Å². The van der Waals surface area contributed by atoms with Crippen LogP contribution in [-0.2, 0) is 0 Å². The van der Waals surface area contributed by atoms with Crippen LogP contribution in [0.15, 0.2) is 36.8 Å².